The van der Waals surface area contributed by atoms with E-state index < -0.39 is 42.0 Å². The quantitative estimate of drug-likeness (QED) is 0.0166. The monoisotopic (exact) mass is 1030 g/mol. The Balaban J connectivity index is 1.67. The van der Waals surface area contributed by atoms with Crippen LogP contribution in [-0.4, -0.2) is 153 Å². The van der Waals surface area contributed by atoms with Gasteiger partial charge in [0.05, 0.1) is 45.7 Å². The molecule has 1 aliphatic rings. The topological polar surface area (TPSA) is 268 Å². The van der Waals surface area contributed by atoms with E-state index in [0.717, 1.165) is 44.2 Å². The van der Waals surface area contributed by atoms with Crippen molar-refractivity contribution in [3.8, 4) is 5.75 Å². The number of aromatic nitrogens is 1. The zero-order valence-electron chi connectivity index (χ0n) is 43.8. The Kier molecular flexibility index (Phi) is 29.2. The van der Waals surface area contributed by atoms with Crippen molar-refractivity contribution in [1.29, 1.82) is 0 Å². The number of nitrogens with one attached hydrogen (secondary N) is 4. The van der Waals surface area contributed by atoms with Crippen LogP contribution < -0.4 is 21.5 Å². The van der Waals surface area contributed by atoms with Gasteiger partial charge in [0.25, 0.3) is 5.91 Å². The second-order valence-electron chi connectivity index (χ2n) is 18.6. The van der Waals surface area contributed by atoms with Gasteiger partial charge < -0.3 is 44.3 Å². The van der Waals surface area contributed by atoms with Gasteiger partial charge in [-0.1, -0.05) is 78.6 Å². The first kappa shape index (κ1) is 61.2. The van der Waals surface area contributed by atoms with Crippen LogP contribution in [0.25, 0.3) is 10.4 Å². The number of benzene rings is 1. The number of phenols is 1. The maximum Gasteiger partial charge on any atom is 0.426 e. The second kappa shape index (κ2) is 34.4. The molecule has 1 aromatic carbocycles. The van der Waals surface area contributed by atoms with Gasteiger partial charge in [-0.15, -0.1) is 11.3 Å². The van der Waals surface area contributed by atoms with E-state index in [1.54, 1.807) is 36.6 Å². The van der Waals surface area contributed by atoms with Gasteiger partial charge in [-0.05, 0) is 87.2 Å². The summed E-state index contributed by atoms with van der Waals surface area (Å²) in [6, 6.07) is 4.78. The molecule has 21 nitrogen and oxygen atoms in total. The number of phenolic OH excluding ortho intramolecular Hbond substituents is 1. The molecule has 0 aliphatic carbocycles. The van der Waals surface area contributed by atoms with Gasteiger partial charge in [0.1, 0.15) is 35.2 Å². The average Bonchev–Trinajstić information content (AvgIpc) is 3.87. The minimum absolute atomic E-state index is 0.0209. The van der Waals surface area contributed by atoms with Crippen LogP contribution in [-0.2, 0) is 44.5 Å². The first-order chi connectivity index (χ1) is 34.6. The number of amides is 5. The third kappa shape index (κ3) is 21.9. The maximum absolute atomic E-state index is 14.8. The molecule has 1 unspecified atom stereocenters. The summed E-state index contributed by atoms with van der Waals surface area (Å²) in [5, 5.41) is 21.8. The van der Waals surface area contributed by atoms with E-state index >= 15 is 0 Å². The maximum atomic E-state index is 14.8. The number of ether oxygens (including phenoxy) is 5. The van der Waals surface area contributed by atoms with E-state index in [-0.39, 0.29) is 80.0 Å². The number of carbonyl (C=O) groups excluding carboxylic acids is 5. The standard InChI is InChI=1S/C50H82N10O11S/c1-9-20-60(49(65)44(35(6)11-3)55-47(64)41-14-12-13-21-59(41)8)42(34(4)5)32-43(70-22-10-2)48-54-40(33-72-48)46(63)53-38(31-37-15-17-39(61)18-16-37)30-36(7)45(62)56-57-50(66)71-29-28-69-27-26-68-25-24-67-23-19-52-58-51/h15-18,33-36,38,41-44,61H,9-14,19-32H2,1-8H3,(H,53,63)(H,55,64)(H,56,62)(H,57,66)/t35-,36-,38?,41+,42+,43+,44-/m0/s1. The van der Waals surface area contributed by atoms with Crippen molar-refractivity contribution in [3.63, 3.8) is 0 Å². The van der Waals surface area contributed by atoms with Gasteiger partial charge in [0.2, 0.25) is 17.7 Å². The lowest BCUT2D eigenvalue weighted by atomic mass is 9.92. The van der Waals surface area contributed by atoms with Crippen LogP contribution in [0.2, 0.25) is 0 Å². The first-order valence-corrected chi connectivity index (χ1v) is 26.4. The molecule has 404 valence electrons. The molecule has 1 aliphatic heterocycles. The van der Waals surface area contributed by atoms with Gasteiger partial charge in [0, 0.05) is 54.4 Å². The molecule has 22 heteroatoms. The van der Waals surface area contributed by atoms with Crippen molar-refractivity contribution in [1.82, 2.24) is 36.3 Å². The lowest BCUT2D eigenvalue weighted by molar-refractivity contribution is -0.143. The normalized spacial score (nSPS) is 16.3. The van der Waals surface area contributed by atoms with E-state index in [0.29, 0.717) is 63.8 Å². The highest BCUT2D eigenvalue weighted by molar-refractivity contribution is 7.09. The number of nitrogens with zero attached hydrogens (tertiary/aromatic N) is 6. The number of aromatic hydroxyl groups is 1. The average molecular weight is 1030 g/mol. The zero-order chi connectivity index (χ0) is 52.8. The Morgan fingerprint density at radius 1 is 0.903 bits per heavy atom. The molecule has 1 saturated heterocycles. The predicted molar refractivity (Wildman–Crippen MR) is 274 cm³/mol. The Labute approximate surface area is 429 Å². The highest BCUT2D eigenvalue weighted by Crippen LogP contribution is 2.32. The summed E-state index contributed by atoms with van der Waals surface area (Å²) in [6.07, 6.45) is 4.46. The SMILES string of the molecule is CCCO[C@H](C[C@H](C(C)C)N(CCC)C(=O)[C@@H](NC(=O)[C@H]1CCCCN1C)[C@@H](C)CC)c1nc(C(=O)NC(Cc2ccc(O)cc2)C[C@H](C)C(=O)NNC(=O)OCCOCCOCCOCCN=[N+]=[N-])cs1. The number of carbonyl (C=O) groups is 5. The van der Waals surface area contributed by atoms with Crippen molar-refractivity contribution < 1.29 is 52.8 Å². The summed E-state index contributed by atoms with van der Waals surface area (Å²) >= 11 is 1.30. The third-order valence-corrected chi connectivity index (χ3v) is 13.4. The van der Waals surface area contributed by atoms with Crippen LogP contribution in [0.3, 0.4) is 0 Å². The van der Waals surface area contributed by atoms with Gasteiger partial charge in [-0.3, -0.25) is 29.5 Å². The molecule has 1 fully saturated rings. The van der Waals surface area contributed by atoms with E-state index in [4.69, 9.17) is 34.2 Å². The van der Waals surface area contributed by atoms with Crippen molar-refractivity contribution >= 4 is 41.1 Å². The summed E-state index contributed by atoms with van der Waals surface area (Å²) in [6.45, 7) is 17.6. The molecular formula is C50H82N10O11S. The van der Waals surface area contributed by atoms with Crippen LogP contribution in [0.4, 0.5) is 4.79 Å². The van der Waals surface area contributed by atoms with Crippen LogP contribution in [0, 0.1) is 17.8 Å². The van der Waals surface area contributed by atoms with E-state index in [2.05, 4.69) is 50.3 Å². The van der Waals surface area contributed by atoms with E-state index in [9.17, 15) is 29.1 Å². The molecule has 72 heavy (non-hydrogen) atoms. The Bertz CT molecular complexity index is 1970. The van der Waals surface area contributed by atoms with Gasteiger partial charge in [-0.2, -0.15) is 0 Å². The summed E-state index contributed by atoms with van der Waals surface area (Å²) in [5.74, 6) is -1.85. The molecular weight excluding hydrogens is 949 g/mol. The number of hydrogen-bond acceptors (Lipinski definition) is 15. The van der Waals surface area contributed by atoms with Crippen molar-refractivity contribution in [2.75, 3.05) is 79.5 Å². The fraction of sp³-hybridized carbons (Fsp3) is 0.720. The largest absolute Gasteiger partial charge is 0.508 e. The number of hydrogen-bond donors (Lipinski definition) is 5. The minimum Gasteiger partial charge on any atom is -0.508 e. The molecule has 7 atom stereocenters. The van der Waals surface area contributed by atoms with Crippen molar-refractivity contribution in [2.45, 2.75) is 137 Å². The first-order valence-electron chi connectivity index (χ1n) is 25.6. The third-order valence-electron chi connectivity index (χ3n) is 12.5. The fourth-order valence-electron chi connectivity index (χ4n) is 8.28. The van der Waals surface area contributed by atoms with Crippen LogP contribution in [0.15, 0.2) is 34.8 Å². The summed E-state index contributed by atoms with van der Waals surface area (Å²) in [5.41, 5.74) is 13.9. The number of thiazole rings is 1. The highest BCUT2D eigenvalue weighted by atomic mass is 32.1. The van der Waals surface area contributed by atoms with Crippen LogP contribution >= 0.6 is 11.3 Å². The number of likely N-dealkylation sites (tertiary alicyclic amines) is 1. The molecule has 1 aromatic heterocycles. The van der Waals surface area contributed by atoms with Crippen molar-refractivity contribution in [2.24, 2.45) is 22.9 Å². The molecule has 5 amide bonds. The Hall–Kier alpha value is -5.09. The highest BCUT2D eigenvalue weighted by Gasteiger charge is 2.38. The van der Waals surface area contributed by atoms with Crippen molar-refractivity contribution in [3.05, 3.63) is 56.4 Å². The molecule has 0 spiro atoms. The molecule has 0 bridgehead atoms. The number of azide groups is 1. The number of likely N-dealkylation sites (N-methyl/N-ethyl adjacent to an activating group) is 1. The number of piperidine rings is 1. The second-order valence-corrected chi connectivity index (χ2v) is 19.5. The summed E-state index contributed by atoms with van der Waals surface area (Å²) in [4.78, 5) is 79.5. The summed E-state index contributed by atoms with van der Waals surface area (Å²) in [7, 11) is 1.97. The lowest BCUT2D eigenvalue weighted by Gasteiger charge is -2.40. The van der Waals surface area contributed by atoms with Crippen LogP contribution in [0.5, 0.6) is 5.75 Å². The van der Waals surface area contributed by atoms with Gasteiger partial charge >= 0.3 is 6.09 Å². The Morgan fingerprint density at radius 2 is 1.58 bits per heavy atom. The number of hydrazine groups is 1. The molecule has 3 rings (SSSR count). The van der Waals surface area contributed by atoms with Gasteiger partial charge in [-0.25, -0.2) is 15.2 Å². The molecule has 2 aromatic rings. The molecule has 0 radical (unpaired) electrons. The Morgan fingerprint density at radius 3 is 2.21 bits per heavy atom. The summed E-state index contributed by atoms with van der Waals surface area (Å²) < 4.78 is 27.6. The smallest absolute Gasteiger partial charge is 0.426 e. The van der Waals surface area contributed by atoms with Gasteiger partial charge in [0.15, 0.2) is 0 Å². The fourth-order valence-corrected chi connectivity index (χ4v) is 9.14. The predicted octanol–water partition coefficient (Wildman–Crippen LogP) is 6.47. The van der Waals surface area contributed by atoms with E-state index in [1.807, 2.05) is 39.6 Å². The molecule has 2 heterocycles. The lowest BCUT2D eigenvalue weighted by Crippen LogP contribution is -2.58. The zero-order valence-corrected chi connectivity index (χ0v) is 44.6. The minimum atomic E-state index is -0.881. The number of rotatable bonds is 34. The van der Waals surface area contributed by atoms with E-state index in [1.165, 1.54) is 11.3 Å². The van der Waals surface area contributed by atoms with Crippen LogP contribution in [0.1, 0.15) is 127 Å². The molecule has 0 saturated carbocycles. The molecule has 5 N–H and O–H groups in total.